The number of nitrogens with one attached hydrogen (secondary N) is 1. The first-order valence-corrected chi connectivity index (χ1v) is 6.61. The van der Waals surface area contributed by atoms with E-state index in [1.165, 1.54) is 0 Å². The van der Waals surface area contributed by atoms with Crippen molar-refractivity contribution in [1.29, 1.82) is 0 Å². The maximum Gasteiger partial charge on any atom is 0.303 e. The molecule has 1 rings (SSSR count). The second-order valence-corrected chi connectivity index (χ2v) is 5.06. The molecule has 5 heteroatoms. The molecule has 1 amide bonds. The standard InChI is InChI=1S/C13H23NO4/c1-3-10(6-12(15)16)7-14-13(17)11-4-5-18-8-9(11)2/h9-11H,3-8H2,1-2H3,(H,14,17)(H,15,16). The van der Waals surface area contributed by atoms with Crippen LogP contribution in [0.25, 0.3) is 0 Å². The molecule has 1 saturated heterocycles. The van der Waals surface area contributed by atoms with Crippen molar-refractivity contribution in [3.63, 3.8) is 0 Å². The average molecular weight is 257 g/mol. The monoisotopic (exact) mass is 257 g/mol. The van der Waals surface area contributed by atoms with E-state index >= 15 is 0 Å². The fraction of sp³-hybridized carbons (Fsp3) is 0.846. The molecule has 1 aliphatic rings. The molecule has 0 saturated carbocycles. The summed E-state index contributed by atoms with van der Waals surface area (Å²) in [5, 5.41) is 11.6. The van der Waals surface area contributed by atoms with Crippen molar-refractivity contribution in [1.82, 2.24) is 5.32 Å². The lowest BCUT2D eigenvalue weighted by Crippen LogP contribution is -2.41. The summed E-state index contributed by atoms with van der Waals surface area (Å²) in [5.74, 6) is -0.522. The maximum atomic E-state index is 12.0. The molecule has 1 heterocycles. The number of amides is 1. The van der Waals surface area contributed by atoms with Crippen LogP contribution >= 0.6 is 0 Å². The van der Waals surface area contributed by atoms with Gasteiger partial charge in [-0.15, -0.1) is 0 Å². The normalized spacial score (nSPS) is 25.4. The third kappa shape index (κ3) is 4.64. The molecule has 0 bridgehead atoms. The van der Waals surface area contributed by atoms with Crippen LogP contribution < -0.4 is 5.32 Å². The van der Waals surface area contributed by atoms with E-state index in [1.54, 1.807) is 0 Å². The summed E-state index contributed by atoms with van der Waals surface area (Å²) in [5.41, 5.74) is 0. The summed E-state index contributed by atoms with van der Waals surface area (Å²) in [7, 11) is 0. The minimum Gasteiger partial charge on any atom is -0.481 e. The van der Waals surface area contributed by atoms with Crippen LogP contribution in [0.3, 0.4) is 0 Å². The zero-order valence-corrected chi connectivity index (χ0v) is 11.1. The Kier molecular flexibility index (Phi) is 6.12. The first kappa shape index (κ1) is 15.0. The lowest BCUT2D eigenvalue weighted by molar-refractivity contribution is -0.138. The van der Waals surface area contributed by atoms with E-state index in [0.29, 0.717) is 19.8 Å². The molecule has 0 aromatic carbocycles. The molecule has 3 unspecified atom stereocenters. The van der Waals surface area contributed by atoms with Crippen LogP contribution in [0.5, 0.6) is 0 Å². The first-order valence-electron chi connectivity index (χ1n) is 6.61. The van der Waals surface area contributed by atoms with Gasteiger partial charge in [0.25, 0.3) is 0 Å². The Hall–Kier alpha value is -1.10. The van der Waals surface area contributed by atoms with E-state index in [-0.39, 0.29) is 30.1 Å². The molecule has 0 aromatic rings. The van der Waals surface area contributed by atoms with Gasteiger partial charge >= 0.3 is 5.97 Å². The average Bonchev–Trinajstić information content (AvgIpc) is 2.34. The maximum absolute atomic E-state index is 12.0. The molecular formula is C13H23NO4. The van der Waals surface area contributed by atoms with E-state index in [0.717, 1.165) is 12.8 Å². The van der Waals surface area contributed by atoms with Crippen LogP contribution in [0.1, 0.15) is 33.1 Å². The molecule has 18 heavy (non-hydrogen) atoms. The molecule has 3 atom stereocenters. The zero-order chi connectivity index (χ0) is 13.5. The zero-order valence-electron chi connectivity index (χ0n) is 11.1. The molecule has 0 aliphatic carbocycles. The van der Waals surface area contributed by atoms with Gasteiger partial charge in [-0.1, -0.05) is 20.3 Å². The number of hydrogen-bond donors (Lipinski definition) is 2. The SMILES string of the molecule is CCC(CNC(=O)C1CCOCC1C)CC(=O)O. The Morgan fingerprint density at radius 2 is 2.22 bits per heavy atom. The van der Waals surface area contributed by atoms with E-state index < -0.39 is 5.97 Å². The molecular weight excluding hydrogens is 234 g/mol. The van der Waals surface area contributed by atoms with E-state index in [2.05, 4.69) is 5.32 Å². The number of rotatable bonds is 6. The predicted octanol–water partition coefficient (Wildman–Crippen LogP) is 1.28. The summed E-state index contributed by atoms with van der Waals surface area (Å²) in [6.07, 6.45) is 1.62. The predicted molar refractivity (Wildman–Crippen MR) is 67.1 cm³/mol. The summed E-state index contributed by atoms with van der Waals surface area (Å²) in [6, 6.07) is 0. The van der Waals surface area contributed by atoms with Crippen molar-refractivity contribution in [2.24, 2.45) is 17.8 Å². The van der Waals surface area contributed by atoms with Gasteiger partial charge in [0, 0.05) is 32.1 Å². The van der Waals surface area contributed by atoms with Crippen molar-refractivity contribution in [2.75, 3.05) is 19.8 Å². The quantitative estimate of drug-likeness (QED) is 0.751. The van der Waals surface area contributed by atoms with Crippen LogP contribution in [0.15, 0.2) is 0 Å². The van der Waals surface area contributed by atoms with Crippen LogP contribution in [0, 0.1) is 17.8 Å². The van der Waals surface area contributed by atoms with Crippen molar-refractivity contribution in [2.45, 2.75) is 33.1 Å². The molecule has 1 fully saturated rings. The van der Waals surface area contributed by atoms with Crippen LogP contribution in [-0.4, -0.2) is 36.7 Å². The van der Waals surface area contributed by atoms with Gasteiger partial charge in [0.1, 0.15) is 0 Å². The number of hydrogen-bond acceptors (Lipinski definition) is 3. The Bertz CT molecular complexity index is 293. The number of ether oxygens (including phenoxy) is 1. The Labute approximate surface area is 108 Å². The molecule has 104 valence electrons. The molecule has 1 aliphatic heterocycles. The minimum atomic E-state index is -0.810. The Morgan fingerprint density at radius 1 is 1.50 bits per heavy atom. The summed E-state index contributed by atoms with van der Waals surface area (Å²) in [4.78, 5) is 22.6. The lowest BCUT2D eigenvalue weighted by atomic mass is 9.89. The van der Waals surface area contributed by atoms with Gasteiger partial charge in [-0.05, 0) is 18.3 Å². The smallest absolute Gasteiger partial charge is 0.303 e. The van der Waals surface area contributed by atoms with Gasteiger partial charge in [0.15, 0.2) is 0 Å². The first-order chi connectivity index (χ1) is 8.54. The van der Waals surface area contributed by atoms with Gasteiger partial charge in [-0.2, -0.15) is 0 Å². The second kappa shape index (κ2) is 7.36. The highest BCUT2D eigenvalue weighted by Crippen LogP contribution is 2.21. The molecule has 2 N–H and O–H groups in total. The van der Waals surface area contributed by atoms with E-state index in [1.807, 2.05) is 13.8 Å². The van der Waals surface area contributed by atoms with E-state index in [4.69, 9.17) is 9.84 Å². The van der Waals surface area contributed by atoms with Crippen LogP contribution in [0.2, 0.25) is 0 Å². The highest BCUT2D eigenvalue weighted by molar-refractivity contribution is 5.79. The topological polar surface area (TPSA) is 75.6 Å². The summed E-state index contributed by atoms with van der Waals surface area (Å²) in [6.45, 7) is 5.67. The number of carboxylic acids is 1. The minimum absolute atomic E-state index is 0.00100. The molecule has 0 spiro atoms. The molecule has 5 nitrogen and oxygen atoms in total. The van der Waals surface area contributed by atoms with Crippen molar-refractivity contribution < 1.29 is 19.4 Å². The largest absolute Gasteiger partial charge is 0.481 e. The van der Waals surface area contributed by atoms with Crippen molar-refractivity contribution in [3.8, 4) is 0 Å². The van der Waals surface area contributed by atoms with Crippen LogP contribution in [0.4, 0.5) is 0 Å². The molecule has 0 radical (unpaired) electrons. The highest BCUT2D eigenvalue weighted by Gasteiger charge is 2.28. The van der Waals surface area contributed by atoms with Crippen molar-refractivity contribution >= 4 is 11.9 Å². The number of carbonyl (C=O) groups excluding carboxylic acids is 1. The lowest BCUT2D eigenvalue weighted by Gasteiger charge is -2.28. The Morgan fingerprint density at radius 3 is 2.78 bits per heavy atom. The Balaban J connectivity index is 2.36. The third-order valence-corrected chi connectivity index (χ3v) is 3.58. The van der Waals surface area contributed by atoms with E-state index in [9.17, 15) is 9.59 Å². The molecule has 0 aromatic heterocycles. The summed E-state index contributed by atoms with van der Waals surface area (Å²) < 4.78 is 5.30. The fourth-order valence-electron chi connectivity index (χ4n) is 2.25. The van der Waals surface area contributed by atoms with Gasteiger partial charge in [-0.25, -0.2) is 0 Å². The number of carboxylic acid groups (broad SMARTS) is 1. The van der Waals surface area contributed by atoms with Crippen molar-refractivity contribution in [3.05, 3.63) is 0 Å². The van der Waals surface area contributed by atoms with Gasteiger partial charge < -0.3 is 15.2 Å². The van der Waals surface area contributed by atoms with Gasteiger partial charge in [0.05, 0.1) is 0 Å². The van der Waals surface area contributed by atoms with Gasteiger partial charge in [0.2, 0.25) is 5.91 Å². The fourth-order valence-corrected chi connectivity index (χ4v) is 2.25. The third-order valence-electron chi connectivity index (χ3n) is 3.58. The second-order valence-electron chi connectivity index (χ2n) is 5.06. The summed E-state index contributed by atoms with van der Waals surface area (Å²) >= 11 is 0. The van der Waals surface area contributed by atoms with Gasteiger partial charge in [-0.3, -0.25) is 9.59 Å². The number of carbonyl (C=O) groups is 2. The number of aliphatic carboxylic acids is 1. The highest BCUT2D eigenvalue weighted by atomic mass is 16.5. The van der Waals surface area contributed by atoms with Crippen LogP contribution in [-0.2, 0) is 14.3 Å².